The predicted molar refractivity (Wildman–Crippen MR) is 117 cm³/mol. The van der Waals surface area contributed by atoms with Gasteiger partial charge in [0.05, 0.1) is 0 Å². The maximum Gasteiger partial charge on any atom is 0.411 e. The first-order chi connectivity index (χ1) is 14.9. The first-order valence-corrected chi connectivity index (χ1v) is 9.86. The second-order valence-electron chi connectivity index (χ2n) is 6.73. The number of benzene rings is 3. The largest absolute Gasteiger partial charge is 0.444 e. The highest BCUT2D eigenvalue weighted by atomic mass is 35.5. The van der Waals surface area contributed by atoms with E-state index in [2.05, 4.69) is 10.6 Å². The van der Waals surface area contributed by atoms with Crippen LogP contribution in [-0.4, -0.2) is 12.0 Å². The number of amides is 2. The Labute approximate surface area is 184 Å². The minimum atomic E-state index is -0.681. The summed E-state index contributed by atoms with van der Waals surface area (Å²) in [4.78, 5) is 24.5. The number of hydrogen-bond acceptors (Lipinski definition) is 4. The van der Waals surface area contributed by atoms with Gasteiger partial charge in [-0.2, -0.15) is 0 Å². The first kappa shape index (κ1) is 22.3. The van der Waals surface area contributed by atoms with E-state index in [0.29, 0.717) is 16.8 Å². The van der Waals surface area contributed by atoms with E-state index < -0.39 is 17.8 Å². The molecule has 0 bridgehead atoms. The molecule has 0 aliphatic carbocycles. The molecule has 31 heavy (non-hydrogen) atoms. The highest BCUT2D eigenvalue weighted by Gasteiger charge is 2.12. The van der Waals surface area contributed by atoms with Crippen LogP contribution in [0.5, 0.6) is 0 Å². The van der Waals surface area contributed by atoms with Crippen molar-refractivity contribution in [1.29, 1.82) is 0 Å². The number of halogens is 2. The van der Waals surface area contributed by atoms with Crippen molar-refractivity contribution in [2.75, 3.05) is 5.32 Å². The van der Waals surface area contributed by atoms with E-state index in [1.54, 1.807) is 12.1 Å². The summed E-state index contributed by atoms with van der Waals surface area (Å²) in [5.74, 6) is -0.914. The molecule has 0 unspecified atom stereocenters. The topological polar surface area (TPSA) is 93.5 Å². The van der Waals surface area contributed by atoms with Gasteiger partial charge in [0, 0.05) is 34.9 Å². The fraction of sp³-hybridized carbons (Fsp3) is 0.130. The SMILES string of the molecule is NCc1ccc(CNC(=O)c2cc(Cl)cc(NC(=O)OCc3ccccc3)c2)c(F)c1. The van der Waals surface area contributed by atoms with Gasteiger partial charge in [-0.1, -0.05) is 54.1 Å². The van der Waals surface area contributed by atoms with Crippen molar-refractivity contribution in [2.45, 2.75) is 19.7 Å². The molecule has 0 aliphatic rings. The minimum Gasteiger partial charge on any atom is -0.444 e. The van der Waals surface area contributed by atoms with Crippen LogP contribution in [0.3, 0.4) is 0 Å². The molecule has 0 aliphatic heterocycles. The zero-order chi connectivity index (χ0) is 22.2. The van der Waals surface area contributed by atoms with Crippen LogP contribution in [0.25, 0.3) is 0 Å². The highest BCUT2D eigenvalue weighted by Crippen LogP contribution is 2.20. The number of carbonyl (C=O) groups is 2. The zero-order valence-corrected chi connectivity index (χ0v) is 17.3. The van der Waals surface area contributed by atoms with Crippen LogP contribution in [0, 0.1) is 5.82 Å². The normalized spacial score (nSPS) is 10.4. The van der Waals surface area contributed by atoms with Crippen molar-refractivity contribution in [3.05, 3.63) is 99.8 Å². The monoisotopic (exact) mass is 441 g/mol. The maximum absolute atomic E-state index is 14.1. The van der Waals surface area contributed by atoms with Crippen LogP contribution in [0.15, 0.2) is 66.7 Å². The van der Waals surface area contributed by atoms with Crippen molar-refractivity contribution >= 4 is 29.3 Å². The molecule has 0 saturated heterocycles. The van der Waals surface area contributed by atoms with Crippen molar-refractivity contribution < 1.29 is 18.7 Å². The average Bonchev–Trinajstić information content (AvgIpc) is 2.77. The fourth-order valence-electron chi connectivity index (χ4n) is 2.81. The molecule has 2 amide bonds. The van der Waals surface area contributed by atoms with Gasteiger partial charge in [0.1, 0.15) is 12.4 Å². The van der Waals surface area contributed by atoms with Gasteiger partial charge in [-0.15, -0.1) is 0 Å². The molecule has 3 aromatic rings. The molecule has 6 nitrogen and oxygen atoms in total. The Hall–Kier alpha value is -3.42. The highest BCUT2D eigenvalue weighted by molar-refractivity contribution is 6.31. The van der Waals surface area contributed by atoms with Gasteiger partial charge in [0.15, 0.2) is 0 Å². The number of nitrogens with two attached hydrogens (primary N) is 1. The van der Waals surface area contributed by atoms with Gasteiger partial charge in [-0.3, -0.25) is 10.1 Å². The Bertz CT molecular complexity index is 1080. The predicted octanol–water partition coefficient (Wildman–Crippen LogP) is 4.62. The standard InChI is InChI=1S/C23H21ClFN3O3/c24-19-9-18(22(29)27-13-17-7-6-16(12-26)8-21(17)25)10-20(11-19)28-23(30)31-14-15-4-2-1-3-5-15/h1-11H,12-14,26H2,(H,27,29)(H,28,30). The number of nitrogens with one attached hydrogen (secondary N) is 2. The Morgan fingerprint density at radius 3 is 2.48 bits per heavy atom. The third kappa shape index (κ3) is 6.53. The Kier molecular flexibility index (Phi) is 7.59. The second-order valence-corrected chi connectivity index (χ2v) is 7.16. The smallest absolute Gasteiger partial charge is 0.411 e. The lowest BCUT2D eigenvalue weighted by Crippen LogP contribution is -2.23. The van der Waals surface area contributed by atoms with Crippen molar-refractivity contribution in [2.24, 2.45) is 5.73 Å². The summed E-state index contributed by atoms with van der Waals surface area (Å²) in [5, 5.41) is 5.44. The van der Waals surface area contributed by atoms with E-state index in [1.165, 1.54) is 24.3 Å². The van der Waals surface area contributed by atoms with Gasteiger partial charge in [0.25, 0.3) is 5.91 Å². The first-order valence-electron chi connectivity index (χ1n) is 9.48. The van der Waals surface area contributed by atoms with Crippen molar-refractivity contribution in [1.82, 2.24) is 5.32 Å². The molecular weight excluding hydrogens is 421 g/mol. The molecule has 160 valence electrons. The van der Waals surface area contributed by atoms with E-state index in [0.717, 1.165) is 5.56 Å². The van der Waals surface area contributed by atoms with E-state index in [9.17, 15) is 14.0 Å². The number of anilines is 1. The third-order valence-electron chi connectivity index (χ3n) is 4.41. The summed E-state index contributed by atoms with van der Waals surface area (Å²) in [5.41, 5.74) is 7.84. The van der Waals surface area contributed by atoms with Gasteiger partial charge >= 0.3 is 6.09 Å². The molecule has 0 aromatic heterocycles. The average molecular weight is 442 g/mol. The molecular formula is C23H21ClFN3O3. The summed E-state index contributed by atoms with van der Waals surface area (Å²) in [7, 11) is 0. The van der Waals surface area contributed by atoms with E-state index >= 15 is 0 Å². The quantitative estimate of drug-likeness (QED) is 0.499. The van der Waals surface area contributed by atoms with Gasteiger partial charge in [-0.05, 0) is 35.4 Å². The number of ether oxygens (including phenoxy) is 1. The minimum absolute atomic E-state index is 0.0100. The third-order valence-corrected chi connectivity index (χ3v) is 4.63. The lowest BCUT2D eigenvalue weighted by Gasteiger charge is -2.11. The van der Waals surface area contributed by atoms with Crippen LogP contribution in [0.1, 0.15) is 27.0 Å². The summed E-state index contributed by atoms with van der Waals surface area (Å²) in [6, 6.07) is 18.2. The van der Waals surface area contributed by atoms with Crippen LogP contribution < -0.4 is 16.4 Å². The van der Waals surface area contributed by atoms with E-state index in [4.69, 9.17) is 22.1 Å². The lowest BCUT2D eigenvalue weighted by molar-refractivity contribution is 0.0950. The zero-order valence-electron chi connectivity index (χ0n) is 16.5. The number of hydrogen-bond donors (Lipinski definition) is 3. The number of carbonyl (C=O) groups excluding carboxylic acids is 2. The molecule has 8 heteroatoms. The van der Waals surface area contributed by atoms with Crippen LogP contribution in [0.4, 0.5) is 14.9 Å². The molecule has 0 heterocycles. The summed E-state index contributed by atoms with van der Waals surface area (Å²) in [6.07, 6.45) is -0.681. The molecule has 0 spiro atoms. The van der Waals surface area contributed by atoms with E-state index in [-0.39, 0.29) is 30.3 Å². The Balaban J connectivity index is 1.60. The van der Waals surface area contributed by atoms with Crippen molar-refractivity contribution in [3.63, 3.8) is 0 Å². The van der Waals surface area contributed by atoms with Gasteiger partial charge in [0.2, 0.25) is 0 Å². The van der Waals surface area contributed by atoms with Gasteiger partial charge < -0.3 is 15.8 Å². The molecule has 3 aromatic carbocycles. The van der Waals surface area contributed by atoms with Crippen LogP contribution in [-0.2, 0) is 24.4 Å². The lowest BCUT2D eigenvalue weighted by atomic mass is 10.1. The summed E-state index contributed by atoms with van der Waals surface area (Å²) in [6.45, 7) is 0.328. The maximum atomic E-state index is 14.1. The Morgan fingerprint density at radius 2 is 1.77 bits per heavy atom. The molecule has 0 saturated carbocycles. The molecule has 0 atom stereocenters. The molecule has 4 N–H and O–H groups in total. The number of rotatable bonds is 7. The van der Waals surface area contributed by atoms with Crippen LogP contribution >= 0.6 is 11.6 Å². The van der Waals surface area contributed by atoms with Gasteiger partial charge in [-0.25, -0.2) is 9.18 Å². The molecule has 0 radical (unpaired) electrons. The summed E-state index contributed by atoms with van der Waals surface area (Å²) >= 11 is 6.08. The fourth-order valence-corrected chi connectivity index (χ4v) is 3.04. The van der Waals surface area contributed by atoms with E-state index in [1.807, 2.05) is 30.3 Å². The summed E-state index contributed by atoms with van der Waals surface area (Å²) < 4.78 is 19.2. The van der Waals surface area contributed by atoms with Crippen molar-refractivity contribution in [3.8, 4) is 0 Å². The van der Waals surface area contributed by atoms with Crippen LogP contribution in [0.2, 0.25) is 5.02 Å². The Morgan fingerprint density at radius 1 is 1.00 bits per heavy atom. The molecule has 3 rings (SSSR count). The molecule has 0 fully saturated rings. The second kappa shape index (κ2) is 10.6.